The Morgan fingerprint density at radius 3 is 2.56 bits per heavy atom. The van der Waals surface area contributed by atoms with Crippen molar-refractivity contribution in [1.82, 2.24) is 0 Å². The fourth-order valence-corrected chi connectivity index (χ4v) is 4.30. The number of carboxylic acid groups (broad SMARTS) is 1. The van der Waals surface area contributed by atoms with E-state index in [2.05, 4.69) is 22.9 Å². The third kappa shape index (κ3) is 2.50. The van der Waals surface area contributed by atoms with E-state index in [1.165, 1.54) is 32.1 Å². The minimum Gasteiger partial charge on any atom is -0.478 e. The van der Waals surface area contributed by atoms with Crippen molar-refractivity contribution in [1.29, 1.82) is 0 Å². The predicted octanol–water partition coefficient (Wildman–Crippen LogP) is 4.10. The van der Waals surface area contributed by atoms with E-state index in [4.69, 9.17) is 5.11 Å². The van der Waals surface area contributed by atoms with Gasteiger partial charge in [-0.15, -0.1) is 0 Å². The summed E-state index contributed by atoms with van der Waals surface area (Å²) in [5.41, 5.74) is 0.780. The molecule has 0 bridgehead atoms. The monoisotopic (exact) mass is 286 g/mol. The molecule has 0 saturated heterocycles. The number of carbonyl (C=O) groups is 1. The van der Waals surface area contributed by atoms with Gasteiger partial charge in [0.05, 0.1) is 0 Å². The fourth-order valence-electron chi connectivity index (χ4n) is 3.31. The first-order valence-corrected chi connectivity index (χ1v) is 6.90. The highest BCUT2D eigenvalue weighted by Gasteiger charge is 2.38. The van der Waals surface area contributed by atoms with Gasteiger partial charge in [0.25, 0.3) is 0 Å². The minimum atomic E-state index is -0.748. The zero-order valence-corrected chi connectivity index (χ0v) is 11.3. The summed E-state index contributed by atoms with van der Waals surface area (Å²) in [6.45, 7) is 2.24. The standard InChI is InChI=1S/C13H19BrO2/c1-13(6-9-4-2-3-5-9)7-10(12(15)16)11(14)8-13/h9H,2-8H2,1H3,(H,15,16)/t13-/m1/s1. The Morgan fingerprint density at radius 1 is 1.44 bits per heavy atom. The molecule has 0 aromatic rings. The highest BCUT2D eigenvalue weighted by atomic mass is 79.9. The number of hydrogen-bond donors (Lipinski definition) is 1. The fraction of sp³-hybridized carbons (Fsp3) is 0.769. The van der Waals surface area contributed by atoms with Crippen LogP contribution < -0.4 is 0 Å². The van der Waals surface area contributed by atoms with Gasteiger partial charge in [0.1, 0.15) is 0 Å². The molecule has 0 amide bonds. The van der Waals surface area contributed by atoms with Crippen LogP contribution in [0.15, 0.2) is 10.1 Å². The van der Waals surface area contributed by atoms with Crippen LogP contribution in [-0.2, 0) is 4.79 Å². The SMILES string of the molecule is C[C@]1(CC2CCCC2)CC(Br)=C(C(=O)O)C1. The number of aliphatic carboxylic acids is 1. The molecule has 1 fully saturated rings. The van der Waals surface area contributed by atoms with E-state index in [9.17, 15) is 4.79 Å². The highest BCUT2D eigenvalue weighted by molar-refractivity contribution is 9.11. The predicted molar refractivity (Wildman–Crippen MR) is 67.5 cm³/mol. The van der Waals surface area contributed by atoms with Gasteiger partial charge in [-0.05, 0) is 30.6 Å². The Morgan fingerprint density at radius 2 is 2.06 bits per heavy atom. The van der Waals surface area contributed by atoms with Crippen molar-refractivity contribution in [3.8, 4) is 0 Å². The molecule has 1 N–H and O–H groups in total. The van der Waals surface area contributed by atoms with E-state index in [-0.39, 0.29) is 5.41 Å². The molecule has 3 heteroatoms. The third-order valence-corrected chi connectivity index (χ3v) is 4.79. The molecule has 2 aliphatic rings. The minimum absolute atomic E-state index is 0.182. The first-order valence-electron chi connectivity index (χ1n) is 6.11. The second-order valence-electron chi connectivity index (χ2n) is 5.71. The van der Waals surface area contributed by atoms with Crippen molar-refractivity contribution < 1.29 is 9.90 Å². The van der Waals surface area contributed by atoms with Crippen molar-refractivity contribution in [3.05, 3.63) is 10.1 Å². The van der Waals surface area contributed by atoms with Crippen molar-refractivity contribution in [2.75, 3.05) is 0 Å². The molecule has 16 heavy (non-hydrogen) atoms. The number of carboxylic acids is 1. The van der Waals surface area contributed by atoms with Gasteiger partial charge in [-0.1, -0.05) is 48.5 Å². The van der Waals surface area contributed by atoms with Gasteiger partial charge in [0.2, 0.25) is 0 Å². The molecule has 1 atom stereocenters. The lowest BCUT2D eigenvalue weighted by Gasteiger charge is -2.27. The van der Waals surface area contributed by atoms with E-state index in [1.807, 2.05) is 0 Å². The number of rotatable bonds is 3. The summed E-state index contributed by atoms with van der Waals surface area (Å²) in [4.78, 5) is 11.0. The van der Waals surface area contributed by atoms with Crippen LogP contribution in [0.5, 0.6) is 0 Å². The normalized spacial score (nSPS) is 31.4. The van der Waals surface area contributed by atoms with E-state index in [1.54, 1.807) is 0 Å². The summed E-state index contributed by atoms with van der Waals surface area (Å²) in [7, 11) is 0. The summed E-state index contributed by atoms with van der Waals surface area (Å²) in [5.74, 6) is 0.0838. The van der Waals surface area contributed by atoms with Gasteiger partial charge in [0, 0.05) is 10.1 Å². The van der Waals surface area contributed by atoms with Gasteiger partial charge in [0.15, 0.2) is 0 Å². The zero-order chi connectivity index (χ0) is 11.8. The van der Waals surface area contributed by atoms with Gasteiger partial charge in [-0.3, -0.25) is 0 Å². The second kappa shape index (κ2) is 4.52. The molecule has 0 unspecified atom stereocenters. The lowest BCUT2D eigenvalue weighted by Crippen LogP contribution is -2.17. The molecule has 2 rings (SSSR count). The average molecular weight is 287 g/mol. The maximum atomic E-state index is 11.0. The van der Waals surface area contributed by atoms with Crippen LogP contribution >= 0.6 is 15.9 Å². The van der Waals surface area contributed by atoms with E-state index < -0.39 is 5.97 Å². The molecule has 0 radical (unpaired) electrons. The van der Waals surface area contributed by atoms with E-state index >= 15 is 0 Å². The molecule has 90 valence electrons. The maximum absolute atomic E-state index is 11.0. The molecule has 2 aliphatic carbocycles. The molecule has 0 aromatic carbocycles. The van der Waals surface area contributed by atoms with Gasteiger partial charge < -0.3 is 5.11 Å². The van der Waals surface area contributed by atoms with Gasteiger partial charge in [-0.2, -0.15) is 0 Å². The smallest absolute Gasteiger partial charge is 0.332 e. The van der Waals surface area contributed by atoms with Gasteiger partial charge in [-0.25, -0.2) is 4.79 Å². The van der Waals surface area contributed by atoms with E-state index in [0.717, 1.165) is 23.2 Å². The molecule has 0 heterocycles. The molecule has 0 spiro atoms. The van der Waals surface area contributed by atoms with Crippen molar-refractivity contribution in [2.24, 2.45) is 11.3 Å². The lowest BCUT2D eigenvalue weighted by molar-refractivity contribution is -0.132. The number of halogens is 1. The Balaban J connectivity index is 1.99. The Bertz CT molecular complexity index is 329. The molecule has 0 aliphatic heterocycles. The second-order valence-corrected chi connectivity index (χ2v) is 6.66. The number of allylic oxidation sites excluding steroid dienone is 1. The van der Waals surface area contributed by atoms with Crippen molar-refractivity contribution in [2.45, 2.75) is 51.9 Å². The third-order valence-electron chi connectivity index (χ3n) is 4.03. The van der Waals surface area contributed by atoms with Crippen molar-refractivity contribution >= 4 is 21.9 Å². The zero-order valence-electron chi connectivity index (χ0n) is 9.76. The summed E-state index contributed by atoms with van der Waals surface area (Å²) >= 11 is 3.43. The molecule has 1 saturated carbocycles. The first kappa shape index (κ1) is 12.2. The van der Waals surface area contributed by atoms with Crippen LogP contribution in [0.1, 0.15) is 51.9 Å². The van der Waals surface area contributed by atoms with Crippen LogP contribution in [0.2, 0.25) is 0 Å². The first-order chi connectivity index (χ1) is 7.50. The number of hydrogen-bond acceptors (Lipinski definition) is 1. The Hall–Kier alpha value is -0.310. The largest absolute Gasteiger partial charge is 0.478 e. The highest BCUT2D eigenvalue weighted by Crippen LogP contribution is 2.49. The van der Waals surface area contributed by atoms with Crippen LogP contribution in [0.3, 0.4) is 0 Å². The van der Waals surface area contributed by atoms with Crippen molar-refractivity contribution in [3.63, 3.8) is 0 Å². The topological polar surface area (TPSA) is 37.3 Å². The Kier molecular flexibility index (Phi) is 3.43. The molecule has 0 aromatic heterocycles. The average Bonchev–Trinajstić information content (AvgIpc) is 2.74. The summed E-state index contributed by atoms with van der Waals surface area (Å²) in [6.07, 6.45) is 8.25. The van der Waals surface area contributed by atoms with Gasteiger partial charge >= 0.3 is 5.97 Å². The Labute approximate surface area is 105 Å². The van der Waals surface area contributed by atoms with Crippen LogP contribution in [0, 0.1) is 11.3 Å². The molecular formula is C13H19BrO2. The maximum Gasteiger partial charge on any atom is 0.332 e. The van der Waals surface area contributed by atoms with E-state index in [0.29, 0.717) is 5.57 Å². The molecular weight excluding hydrogens is 268 g/mol. The van der Waals surface area contributed by atoms with Crippen LogP contribution in [-0.4, -0.2) is 11.1 Å². The lowest BCUT2D eigenvalue weighted by atomic mass is 9.78. The molecule has 2 nitrogen and oxygen atoms in total. The summed E-state index contributed by atoms with van der Waals surface area (Å²) < 4.78 is 0.917. The van der Waals surface area contributed by atoms with Crippen LogP contribution in [0.4, 0.5) is 0 Å². The van der Waals surface area contributed by atoms with Crippen LogP contribution in [0.25, 0.3) is 0 Å². The summed E-state index contributed by atoms with van der Waals surface area (Å²) in [5, 5.41) is 9.09. The quantitative estimate of drug-likeness (QED) is 0.848. The summed E-state index contributed by atoms with van der Waals surface area (Å²) in [6, 6.07) is 0.